The Hall–Kier alpha value is -3.51. The second kappa shape index (κ2) is 7.88. The molecule has 0 bridgehead atoms. The van der Waals surface area contributed by atoms with Crippen molar-refractivity contribution in [2.24, 2.45) is 0 Å². The van der Waals surface area contributed by atoms with Crippen molar-refractivity contribution >= 4 is 35.0 Å². The molecule has 1 atom stereocenters. The molecular weight excluding hydrogens is 431 g/mol. The maximum atomic E-state index is 13.2. The predicted molar refractivity (Wildman–Crippen MR) is 119 cm³/mol. The van der Waals surface area contributed by atoms with Gasteiger partial charge < -0.3 is 4.90 Å². The van der Waals surface area contributed by atoms with Crippen LogP contribution in [0.25, 0.3) is 0 Å². The van der Waals surface area contributed by atoms with Gasteiger partial charge in [-0.2, -0.15) is 0 Å². The first-order valence-corrected chi connectivity index (χ1v) is 10.6. The fraction of sp³-hybridized carbons (Fsp3) is 0.160. The Morgan fingerprint density at radius 2 is 1.66 bits per heavy atom. The van der Waals surface area contributed by atoms with Crippen LogP contribution in [0.2, 0.25) is 5.02 Å². The minimum atomic E-state index is -0.502. The predicted octanol–water partition coefficient (Wildman–Crippen LogP) is 4.91. The highest BCUT2D eigenvalue weighted by molar-refractivity contribution is 6.39. The van der Waals surface area contributed by atoms with Crippen molar-refractivity contribution in [3.8, 4) is 0 Å². The van der Waals surface area contributed by atoms with E-state index in [1.807, 2.05) is 0 Å². The number of carbonyl (C=O) groups excluding carboxylic acids is 3. The first-order valence-electron chi connectivity index (χ1n) is 10.3. The number of amides is 3. The molecular formula is C25H18ClFN2O3. The highest BCUT2D eigenvalue weighted by Crippen LogP contribution is 2.34. The Morgan fingerprint density at radius 3 is 2.41 bits per heavy atom. The number of anilines is 1. The first-order chi connectivity index (χ1) is 15.4. The summed E-state index contributed by atoms with van der Waals surface area (Å²) in [5.74, 6) is -1.32. The Morgan fingerprint density at radius 1 is 0.938 bits per heavy atom. The lowest BCUT2D eigenvalue weighted by Crippen LogP contribution is -2.29. The molecule has 160 valence electrons. The molecule has 3 amide bonds. The van der Waals surface area contributed by atoms with Crippen molar-refractivity contribution in [1.82, 2.24) is 4.90 Å². The summed E-state index contributed by atoms with van der Waals surface area (Å²) in [4.78, 5) is 41.7. The lowest BCUT2D eigenvalue weighted by atomic mass is 9.98. The molecule has 0 radical (unpaired) electrons. The van der Waals surface area contributed by atoms with E-state index in [1.165, 1.54) is 24.3 Å². The van der Waals surface area contributed by atoms with Gasteiger partial charge in [0, 0.05) is 24.6 Å². The van der Waals surface area contributed by atoms with Crippen molar-refractivity contribution < 1.29 is 18.8 Å². The zero-order valence-corrected chi connectivity index (χ0v) is 17.7. The molecule has 1 saturated heterocycles. The third-order valence-corrected chi connectivity index (χ3v) is 6.36. The molecule has 5 nitrogen and oxygen atoms in total. The molecule has 1 fully saturated rings. The number of likely N-dealkylation sites (tertiary alicyclic amines) is 1. The smallest absolute Gasteiger partial charge is 0.266 e. The van der Waals surface area contributed by atoms with E-state index >= 15 is 0 Å². The van der Waals surface area contributed by atoms with Crippen LogP contribution in [0.5, 0.6) is 0 Å². The molecule has 7 heteroatoms. The molecule has 2 aliphatic rings. The van der Waals surface area contributed by atoms with E-state index < -0.39 is 11.8 Å². The number of hydrogen-bond donors (Lipinski definition) is 0. The molecule has 0 N–H and O–H groups in total. The number of benzene rings is 3. The second-order valence-corrected chi connectivity index (χ2v) is 8.35. The van der Waals surface area contributed by atoms with Gasteiger partial charge in [0.25, 0.3) is 17.7 Å². The van der Waals surface area contributed by atoms with Crippen LogP contribution in [0.3, 0.4) is 0 Å². The molecule has 0 spiro atoms. The van der Waals surface area contributed by atoms with Gasteiger partial charge in [0.15, 0.2) is 0 Å². The fourth-order valence-electron chi connectivity index (χ4n) is 4.36. The van der Waals surface area contributed by atoms with Crippen LogP contribution in [-0.2, 0) is 0 Å². The lowest BCUT2D eigenvalue weighted by molar-refractivity contribution is 0.0790. The number of imide groups is 1. The Kier molecular flexibility index (Phi) is 5.02. The Bertz CT molecular complexity index is 1260. The van der Waals surface area contributed by atoms with E-state index in [4.69, 9.17) is 11.6 Å². The average Bonchev–Trinajstić information content (AvgIpc) is 3.38. The summed E-state index contributed by atoms with van der Waals surface area (Å²) in [6, 6.07) is 17.6. The topological polar surface area (TPSA) is 57.7 Å². The van der Waals surface area contributed by atoms with Crippen molar-refractivity contribution in [2.45, 2.75) is 12.3 Å². The lowest BCUT2D eigenvalue weighted by Gasteiger charge is -2.17. The van der Waals surface area contributed by atoms with Crippen LogP contribution in [-0.4, -0.2) is 35.7 Å². The van der Waals surface area contributed by atoms with E-state index in [0.29, 0.717) is 29.4 Å². The normalized spacial score (nSPS) is 17.8. The zero-order chi connectivity index (χ0) is 22.4. The number of fused-ring (bicyclic) bond motifs is 1. The Labute approximate surface area is 189 Å². The molecule has 32 heavy (non-hydrogen) atoms. The molecule has 0 aliphatic carbocycles. The summed E-state index contributed by atoms with van der Waals surface area (Å²) >= 11 is 6.19. The van der Waals surface area contributed by atoms with Gasteiger partial charge in [-0.3, -0.25) is 14.4 Å². The van der Waals surface area contributed by atoms with E-state index in [2.05, 4.69) is 0 Å². The van der Waals surface area contributed by atoms with Gasteiger partial charge in [-0.1, -0.05) is 35.9 Å². The summed E-state index contributed by atoms with van der Waals surface area (Å²) < 4.78 is 13.2. The van der Waals surface area contributed by atoms with E-state index in [1.54, 1.807) is 47.4 Å². The minimum Gasteiger partial charge on any atom is -0.338 e. The van der Waals surface area contributed by atoms with Crippen molar-refractivity contribution in [3.63, 3.8) is 0 Å². The SMILES string of the molecule is O=C(c1ccc2c(c1)C(=O)N(c1ccccc1Cl)C2=O)N1CCC(c2ccc(F)cc2)C1. The monoisotopic (exact) mass is 448 g/mol. The summed E-state index contributed by atoms with van der Waals surface area (Å²) in [7, 11) is 0. The third-order valence-electron chi connectivity index (χ3n) is 6.04. The summed E-state index contributed by atoms with van der Waals surface area (Å²) in [6.07, 6.45) is 0.778. The number of nitrogens with zero attached hydrogens (tertiary/aromatic N) is 2. The largest absolute Gasteiger partial charge is 0.338 e. The molecule has 3 aromatic carbocycles. The maximum Gasteiger partial charge on any atom is 0.266 e. The summed E-state index contributed by atoms with van der Waals surface area (Å²) in [5, 5.41) is 0.294. The highest BCUT2D eigenvalue weighted by Gasteiger charge is 2.38. The van der Waals surface area contributed by atoms with E-state index in [0.717, 1.165) is 16.9 Å². The number of rotatable bonds is 3. The maximum absolute atomic E-state index is 13.2. The van der Waals surface area contributed by atoms with Crippen molar-refractivity contribution in [3.05, 3.63) is 99.8 Å². The fourth-order valence-corrected chi connectivity index (χ4v) is 4.58. The molecule has 2 aliphatic heterocycles. The van der Waals surface area contributed by atoms with Crippen LogP contribution in [0, 0.1) is 5.82 Å². The van der Waals surface area contributed by atoms with Crippen LogP contribution in [0.15, 0.2) is 66.7 Å². The van der Waals surface area contributed by atoms with E-state index in [-0.39, 0.29) is 28.8 Å². The molecule has 2 heterocycles. The van der Waals surface area contributed by atoms with Gasteiger partial charge in [-0.05, 0) is 54.4 Å². The van der Waals surface area contributed by atoms with Gasteiger partial charge in [0.2, 0.25) is 0 Å². The quantitative estimate of drug-likeness (QED) is 0.535. The summed E-state index contributed by atoms with van der Waals surface area (Å²) in [5.41, 5.74) is 2.10. The van der Waals surface area contributed by atoms with Crippen molar-refractivity contribution in [1.29, 1.82) is 0 Å². The second-order valence-electron chi connectivity index (χ2n) is 7.95. The van der Waals surface area contributed by atoms with Gasteiger partial charge in [0.05, 0.1) is 21.8 Å². The standard InChI is InChI=1S/C25H18ClFN2O3/c26-21-3-1-2-4-22(21)29-24(31)19-10-7-16(13-20(19)25(29)32)23(30)28-12-11-17(14-28)15-5-8-18(27)9-6-15/h1-10,13,17H,11-12,14H2. The molecule has 0 aromatic heterocycles. The number of halogens is 2. The molecule has 3 aromatic rings. The van der Waals surface area contributed by atoms with Crippen LogP contribution < -0.4 is 4.90 Å². The first kappa shape index (κ1) is 20.4. The molecule has 1 unspecified atom stereocenters. The van der Waals surface area contributed by atoms with Crippen molar-refractivity contribution in [2.75, 3.05) is 18.0 Å². The van der Waals surface area contributed by atoms with Gasteiger partial charge in [0.1, 0.15) is 5.82 Å². The van der Waals surface area contributed by atoms with Crippen LogP contribution >= 0.6 is 11.6 Å². The van der Waals surface area contributed by atoms with Gasteiger partial charge in [-0.25, -0.2) is 9.29 Å². The summed E-state index contributed by atoms with van der Waals surface area (Å²) in [6.45, 7) is 1.08. The highest BCUT2D eigenvalue weighted by atomic mass is 35.5. The minimum absolute atomic E-state index is 0.132. The van der Waals surface area contributed by atoms with Crippen LogP contribution in [0.1, 0.15) is 49.0 Å². The molecule has 0 saturated carbocycles. The zero-order valence-electron chi connectivity index (χ0n) is 16.9. The van der Waals surface area contributed by atoms with Gasteiger partial charge in [-0.15, -0.1) is 0 Å². The van der Waals surface area contributed by atoms with Crippen LogP contribution in [0.4, 0.5) is 10.1 Å². The third kappa shape index (κ3) is 3.37. The number of carbonyl (C=O) groups is 3. The van der Waals surface area contributed by atoms with Gasteiger partial charge >= 0.3 is 0 Å². The number of hydrogen-bond acceptors (Lipinski definition) is 3. The Balaban J connectivity index is 1.38. The van der Waals surface area contributed by atoms with E-state index in [9.17, 15) is 18.8 Å². The average molecular weight is 449 g/mol. The number of para-hydroxylation sites is 1. The molecule has 5 rings (SSSR count).